The predicted octanol–water partition coefficient (Wildman–Crippen LogP) is 1.99. The van der Waals surface area contributed by atoms with Crippen LogP contribution in [-0.2, 0) is 17.9 Å². The molecular weight excluding hydrogens is 252 g/mol. The Morgan fingerprint density at radius 1 is 1.25 bits per heavy atom. The van der Waals surface area contributed by atoms with Crippen molar-refractivity contribution in [1.29, 1.82) is 0 Å². The first-order valence-corrected chi connectivity index (χ1v) is 6.80. The molecule has 0 fully saturated rings. The highest BCUT2D eigenvalue weighted by Crippen LogP contribution is 2.06. The molecule has 20 heavy (non-hydrogen) atoms. The lowest BCUT2D eigenvalue weighted by molar-refractivity contribution is -0.121. The smallest absolute Gasteiger partial charge is 0.220 e. The molecule has 1 heterocycles. The molecule has 1 N–H and O–H groups in total. The molecule has 2 rings (SSSR count). The van der Waals surface area contributed by atoms with Gasteiger partial charge >= 0.3 is 0 Å². The van der Waals surface area contributed by atoms with Gasteiger partial charge in [-0.1, -0.05) is 38.1 Å². The van der Waals surface area contributed by atoms with Crippen LogP contribution in [0, 0.1) is 5.92 Å². The van der Waals surface area contributed by atoms with Gasteiger partial charge in [0.1, 0.15) is 12.7 Å². The van der Waals surface area contributed by atoms with Crippen LogP contribution >= 0.6 is 0 Å². The SMILES string of the molecule is CC(C)CC(=O)NCc1ccc(Cn2cncn2)cc1. The van der Waals surface area contributed by atoms with E-state index < -0.39 is 0 Å². The van der Waals surface area contributed by atoms with Gasteiger partial charge in [0.2, 0.25) is 5.91 Å². The molecule has 0 unspecified atom stereocenters. The molecular formula is C15H20N4O. The summed E-state index contributed by atoms with van der Waals surface area (Å²) in [5.74, 6) is 0.492. The number of benzene rings is 1. The molecule has 0 spiro atoms. The Labute approximate surface area is 119 Å². The maximum Gasteiger partial charge on any atom is 0.220 e. The van der Waals surface area contributed by atoms with Crippen LogP contribution in [0.25, 0.3) is 0 Å². The number of carbonyl (C=O) groups excluding carboxylic acids is 1. The molecule has 0 aliphatic carbocycles. The van der Waals surface area contributed by atoms with Gasteiger partial charge < -0.3 is 5.32 Å². The summed E-state index contributed by atoms with van der Waals surface area (Å²) in [7, 11) is 0. The summed E-state index contributed by atoms with van der Waals surface area (Å²) in [5, 5.41) is 7.00. The summed E-state index contributed by atoms with van der Waals surface area (Å²) < 4.78 is 1.78. The molecule has 106 valence electrons. The van der Waals surface area contributed by atoms with Crippen LogP contribution in [-0.4, -0.2) is 20.7 Å². The Morgan fingerprint density at radius 2 is 1.95 bits per heavy atom. The highest BCUT2D eigenvalue weighted by molar-refractivity contribution is 5.76. The molecule has 1 amide bonds. The van der Waals surface area contributed by atoms with E-state index in [0.717, 1.165) is 11.1 Å². The van der Waals surface area contributed by atoms with Gasteiger partial charge in [0, 0.05) is 13.0 Å². The standard InChI is InChI=1S/C15H20N4O/c1-12(2)7-15(20)17-8-13-3-5-14(6-4-13)9-19-11-16-10-18-19/h3-6,10-12H,7-9H2,1-2H3,(H,17,20). The molecule has 5 nitrogen and oxygen atoms in total. The monoisotopic (exact) mass is 272 g/mol. The van der Waals surface area contributed by atoms with Gasteiger partial charge in [0.15, 0.2) is 0 Å². The number of hydrogen-bond donors (Lipinski definition) is 1. The quantitative estimate of drug-likeness (QED) is 0.875. The molecule has 0 aliphatic rings. The third kappa shape index (κ3) is 4.50. The van der Waals surface area contributed by atoms with Crippen molar-refractivity contribution in [2.45, 2.75) is 33.4 Å². The van der Waals surface area contributed by atoms with E-state index in [1.165, 1.54) is 6.33 Å². The number of amides is 1. The van der Waals surface area contributed by atoms with Crippen molar-refractivity contribution in [1.82, 2.24) is 20.1 Å². The fraction of sp³-hybridized carbons (Fsp3) is 0.400. The normalized spacial score (nSPS) is 10.8. The molecule has 0 saturated carbocycles. The van der Waals surface area contributed by atoms with Crippen LogP contribution in [0.4, 0.5) is 0 Å². The Bertz CT molecular complexity index is 532. The minimum atomic E-state index is 0.103. The van der Waals surface area contributed by atoms with E-state index in [4.69, 9.17) is 0 Å². The van der Waals surface area contributed by atoms with E-state index in [0.29, 0.717) is 25.4 Å². The van der Waals surface area contributed by atoms with Gasteiger partial charge in [0.25, 0.3) is 0 Å². The molecule has 5 heteroatoms. The van der Waals surface area contributed by atoms with Gasteiger partial charge in [-0.25, -0.2) is 9.67 Å². The van der Waals surface area contributed by atoms with Gasteiger partial charge in [-0.15, -0.1) is 0 Å². The number of hydrogen-bond acceptors (Lipinski definition) is 3. The zero-order valence-corrected chi connectivity index (χ0v) is 11.9. The van der Waals surface area contributed by atoms with Gasteiger partial charge in [-0.3, -0.25) is 4.79 Å². The molecule has 0 atom stereocenters. The van der Waals surface area contributed by atoms with Gasteiger partial charge in [-0.2, -0.15) is 5.10 Å². The maximum absolute atomic E-state index is 11.6. The van der Waals surface area contributed by atoms with Crippen LogP contribution < -0.4 is 5.32 Å². The van der Waals surface area contributed by atoms with E-state index >= 15 is 0 Å². The van der Waals surface area contributed by atoms with Crippen LogP contribution in [0.2, 0.25) is 0 Å². The highest BCUT2D eigenvalue weighted by Gasteiger charge is 2.04. The second-order valence-electron chi connectivity index (χ2n) is 5.28. The van der Waals surface area contributed by atoms with Crippen molar-refractivity contribution in [3.05, 3.63) is 48.0 Å². The largest absolute Gasteiger partial charge is 0.352 e. The first-order chi connectivity index (χ1) is 9.63. The molecule has 2 aromatic rings. The van der Waals surface area contributed by atoms with Crippen molar-refractivity contribution >= 4 is 5.91 Å². The molecule has 1 aromatic heterocycles. The first-order valence-electron chi connectivity index (χ1n) is 6.80. The zero-order valence-electron chi connectivity index (χ0n) is 11.9. The number of nitrogens with one attached hydrogen (secondary N) is 1. The fourth-order valence-electron chi connectivity index (χ4n) is 1.91. The molecule has 0 aliphatic heterocycles. The van der Waals surface area contributed by atoms with Crippen molar-refractivity contribution in [3.8, 4) is 0 Å². The van der Waals surface area contributed by atoms with E-state index in [1.54, 1.807) is 11.0 Å². The van der Waals surface area contributed by atoms with E-state index in [9.17, 15) is 4.79 Å². The van der Waals surface area contributed by atoms with Gasteiger partial charge in [-0.05, 0) is 17.0 Å². The topological polar surface area (TPSA) is 59.8 Å². The number of nitrogens with zero attached hydrogens (tertiary/aromatic N) is 3. The summed E-state index contributed by atoms with van der Waals surface area (Å²) in [6, 6.07) is 8.15. The first kappa shape index (κ1) is 14.2. The predicted molar refractivity (Wildman–Crippen MR) is 76.9 cm³/mol. The van der Waals surface area contributed by atoms with Crippen molar-refractivity contribution in [2.75, 3.05) is 0 Å². The lowest BCUT2D eigenvalue weighted by atomic mass is 10.1. The zero-order chi connectivity index (χ0) is 14.4. The summed E-state index contributed by atoms with van der Waals surface area (Å²) in [4.78, 5) is 15.5. The van der Waals surface area contributed by atoms with E-state index in [2.05, 4.69) is 15.4 Å². The van der Waals surface area contributed by atoms with Crippen molar-refractivity contribution < 1.29 is 4.79 Å². The highest BCUT2D eigenvalue weighted by atomic mass is 16.1. The van der Waals surface area contributed by atoms with Crippen LogP contribution in [0.3, 0.4) is 0 Å². The molecule has 0 saturated heterocycles. The third-order valence-electron chi connectivity index (χ3n) is 2.92. The summed E-state index contributed by atoms with van der Waals surface area (Å²) >= 11 is 0. The molecule has 0 radical (unpaired) electrons. The summed E-state index contributed by atoms with van der Waals surface area (Å²) in [5.41, 5.74) is 2.26. The third-order valence-corrected chi connectivity index (χ3v) is 2.92. The van der Waals surface area contributed by atoms with E-state index in [-0.39, 0.29) is 5.91 Å². The maximum atomic E-state index is 11.6. The number of rotatable bonds is 6. The second kappa shape index (κ2) is 6.84. The van der Waals surface area contributed by atoms with Gasteiger partial charge in [0.05, 0.1) is 6.54 Å². The minimum Gasteiger partial charge on any atom is -0.352 e. The van der Waals surface area contributed by atoms with Crippen LogP contribution in [0.5, 0.6) is 0 Å². The van der Waals surface area contributed by atoms with Crippen molar-refractivity contribution in [2.24, 2.45) is 5.92 Å². The summed E-state index contributed by atoms with van der Waals surface area (Å²) in [6.07, 6.45) is 3.79. The summed E-state index contributed by atoms with van der Waals surface area (Å²) in [6.45, 7) is 5.37. The Kier molecular flexibility index (Phi) is 4.87. The van der Waals surface area contributed by atoms with Crippen LogP contribution in [0.1, 0.15) is 31.4 Å². The van der Waals surface area contributed by atoms with Crippen molar-refractivity contribution in [3.63, 3.8) is 0 Å². The second-order valence-corrected chi connectivity index (χ2v) is 5.28. The number of aromatic nitrogens is 3. The Balaban J connectivity index is 1.84. The Hall–Kier alpha value is -2.17. The average molecular weight is 272 g/mol. The van der Waals surface area contributed by atoms with Crippen LogP contribution in [0.15, 0.2) is 36.9 Å². The number of carbonyl (C=O) groups is 1. The van der Waals surface area contributed by atoms with E-state index in [1.807, 2.05) is 38.1 Å². The molecule has 0 bridgehead atoms. The molecule has 1 aromatic carbocycles. The Morgan fingerprint density at radius 3 is 2.55 bits per heavy atom. The average Bonchev–Trinajstić information content (AvgIpc) is 2.90. The lowest BCUT2D eigenvalue weighted by Crippen LogP contribution is -2.23. The minimum absolute atomic E-state index is 0.103. The lowest BCUT2D eigenvalue weighted by Gasteiger charge is -2.08. The fourth-order valence-corrected chi connectivity index (χ4v) is 1.91.